The fourth-order valence-corrected chi connectivity index (χ4v) is 3.06. The minimum absolute atomic E-state index is 0.124. The average Bonchev–Trinajstić information content (AvgIpc) is 2.86. The van der Waals surface area contributed by atoms with E-state index in [0.29, 0.717) is 0 Å². The van der Waals surface area contributed by atoms with Crippen molar-refractivity contribution in [2.45, 2.75) is 39.4 Å². The average molecular weight is 328 g/mol. The SMILES string of the molecule is CC(C)(C)NCc1cncn1Cc1sccc1Br. The summed E-state index contributed by atoms with van der Waals surface area (Å²) in [6.45, 7) is 8.22. The Balaban J connectivity index is 2.06. The van der Waals surface area contributed by atoms with E-state index in [9.17, 15) is 0 Å². The van der Waals surface area contributed by atoms with E-state index in [1.807, 2.05) is 12.5 Å². The molecule has 0 unspecified atom stereocenters. The van der Waals surface area contributed by atoms with E-state index < -0.39 is 0 Å². The van der Waals surface area contributed by atoms with Gasteiger partial charge in [-0.3, -0.25) is 0 Å². The van der Waals surface area contributed by atoms with Gasteiger partial charge in [0.05, 0.1) is 18.6 Å². The first-order chi connectivity index (χ1) is 8.46. The molecule has 0 atom stereocenters. The zero-order chi connectivity index (χ0) is 13.2. The van der Waals surface area contributed by atoms with Crippen molar-refractivity contribution in [2.24, 2.45) is 0 Å². The number of rotatable bonds is 4. The van der Waals surface area contributed by atoms with Crippen molar-refractivity contribution in [1.29, 1.82) is 0 Å². The number of halogens is 1. The summed E-state index contributed by atoms with van der Waals surface area (Å²) in [6.07, 6.45) is 3.83. The van der Waals surface area contributed by atoms with Gasteiger partial charge in [0.25, 0.3) is 0 Å². The van der Waals surface area contributed by atoms with Crippen LogP contribution in [-0.2, 0) is 13.1 Å². The molecule has 1 N–H and O–H groups in total. The van der Waals surface area contributed by atoms with E-state index in [1.54, 1.807) is 11.3 Å². The second-order valence-electron chi connectivity index (χ2n) is 5.31. The first-order valence-electron chi connectivity index (χ1n) is 5.91. The fourth-order valence-electron chi connectivity index (χ4n) is 1.59. The smallest absolute Gasteiger partial charge is 0.0952 e. The van der Waals surface area contributed by atoms with Gasteiger partial charge in [-0.05, 0) is 48.1 Å². The molecule has 2 aromatic rings. The van der Waals surface area contributed by atoms with Crippen LogP contribution in [0.1, 0.15) is 31.3 Å². The predicted octanol–water partition coefficient (Wildman–Crippen LogP) is 3.64. The van der Waals surface area contributed by atoms with E-state index in [0.717, 1.165) is 13.1 Å². The molecule has 0 bridgehead atoms. The second kappa shape index (κ2) is 5.55. The number of nitrogens with one attached hydrogen (secondary N) is 1. The summed E-state index contributed by atoms with van der Waals surface area (Å²) in [5.74, 6) is 0. The monoisotopic (exact) mass is 327 g/mol. The molecule has 2 heterocycles. The standard InChI is InChI=1S/C13H18BrN3S/c1-13(2,3)16-7-10-6-15-9-17(10)8-12-11(14)4-5-18-12/h4-6,9,16H,7-8H2,1-3H3. The van der Waals surface area contributed by atoms with Crippen molar-refractivity contribution in [3.8, 4) is 0 Å². The zero-order valence-electron chi connectivity index (χ0n) is 10.9. The van der Waals surface area contributed by atoms with Crippen LogP contribution in [0.3, 0.4) is 0 Å². The molecule has 3 nitrogen and oxygen atoms in total. The predicted molar refractivity (Wildman–Crippen MR) is 79.9 cm³/mol. The third-order valence-electron chi connectivity index (χ3n) is 2.60. The van der Waals surface area contributed by atoms with Gasteiger partial charge in [0.1, 0.15) is 0 Å². The minimum Gasteiger partial charge on any atom is -0.328 e. The van der Waals surface area contributed by atoms with Crippen molar-refractivity contribution in [3.63, 3.8) is 0 Å². The number of hydrogen-bond acceptors (Lipinski definition) is 3. The molecule has 0 spiro atoms. The fraction of sp³-hybridized carbons (Fsp3) is 0.462. The largest absolute Gasteiger partial charge is 0.328 e. The number of hydrogen-bond donors (Lipinski definition) is 1. The van der Waals surface area contributed by atoms with Gasteiger partial charge in [-0.25, -0.2) is 4.98 Å². The van der Waals surface area contributed by atoms with Crippen LogP contribution in [0.25, 0.3) is 0 Å². The maximum absolute atomic E-state index is 4.25. The molecule has 2 aromatic heterocycles. The lowest BCUT2D eigenvalue weighted by Gasteiger charge is -2.20. The van der Waals surface area contributed by atoms with Crippen LogP contribution in [0.2, 0.25) is 0 Å². The van der Waals surface area contributed by atoms with E-state index in [2.05, 4.69) is 63.0 Å². The Morgan fingerprint density at radius 1 is 1.44 bits per heavy atom. The number of nitrogens with zero attached hydrogens (tertiary/aromatic N) is 2. The topological polar surface area (TPSA) is 29.9 Å². The Morgan fingerprint density at radius 2 is 2.22 bits per heavy atom. The van der Waals surface area contributed by atoms with Crippen LogP contribution in [0.15, 0.2) is 28.4 Å². The van der Waals surface area contributed by atoms with E-state index in [1.165, 1.54) is 15.0 Å². The van der Waals surface area contributed by atoms with Gasteiger partial charge >= 0.3 is 0 Å². The van der Waals surface area contributed by atoms with Crippen molar-refractivity contribution in [1.82, 2.24) is 14.9 Å². The van der Waals surface area contributed by atoms with Gasteiger partial charge in [-0.1, -0.05) is 0 Å². The van der Waals surface area contributed by atoms with Gasteiger partial charge in [0.2, 0.25) is 0 Å². The van der Waals surface area contributed by atoms with Gasteiger partial charge in [0, 0.05) is 27.6 Å². The second-order valence-corrected chi connectivity index (χ2v) is 7.16. The molecule has 18 heavy (non-hydrogen) atoms. The quantitative estimate of drug-likeness (QED) is 0.929. The Labute approximate surface area is 120 Å². The number of imidazole rings is 1. The Hall–Kier alpha value is -0.650. The molecule has 2 rings (SSSR count). The highest BCUT2D eigenvalue weighted by Gasteiger charge is 2.11. The van der Waals surface area contributed by atoms with Crippen LogP contribution in [0.4, 0.5) is 0 Å². The molecule has 98 valence electrons. The van der Waals surface area contributed by atoms with E-state index >= 15 is 0 Å². The van der Waals surface area contributed by atoms with Crippen LogP contribution in [0.5, 0.6) is 0 Å². The van der Waals surface area contributed by atoms with Gasteiger partial charge in [-0.2, -0.15) is 0 Å². The lowest BCUT2D eigenvalue weighted by atomic mass is 10.1. The van der Waals surface area contributed by atoms with Crippen molar-refractivity contribution in [3.05, 3.63) is 39.0 Å². The molecule has 0 amide bonds. The Bertz CT molecular complexity index is 510. The summed E-state index contributed by atoms with van der Waals surface area (Å²) >= 11 is 5.33. The van der Waals surface area contributed by atoms with Crippen LogP contribution >= 0.6 is 27.3 Å². The summed E-state index contributed by atoms with van der Waals surface area (Å²) in [5, 5.41) is 5.59. The first kappa shape index (κ1) is 13.8. The lowest BCUT2D eigenvalue weighted by molar-refractivity contribution is 0.417. The molecular formula is C13H18BrN3S. The summed E-state index contributed by atoms with van der Waals surface area (Å²) in [5.41, 5.74) is 1.34. The molecule has 0 radical (unpaired) electrons. The van der Waals surface area contributed by atoms with Crippen molar-refractivity contribution >= 4 is 27.3 Å². The molecule has 0 saturated carbocycles. The van der Waals surface area contributed by atoms with E-state index in [4.69, 9.17) is 0 Å². The molecule has 0 aliphatic carbocycles. The van der Waals surface area contributed by atoms with Gasteiger partial charge in [0.15, 0.2) is 0 Å². The summed E-state index contributed by atoms with van der Waals surface area (Å²) < 4.78 is 3.37. The molecule has 0 aliphatic rings. The third kappa shape index (κ3) is 3.67. The summed E-state index contributed by atoms with van der Waals surface area (Å²) in [7, 11) is 0. The minimum atomic E-state index is 0.124. The Kier molecular flexibility index (Phi) is 4.25. The Morgan fingerprint density at radius 3 is 2.83 bits per heavy atom. The number of thiophene rings is 1. The molecule has 0 aliphatic heterocycles. The highest BCUT2D eigenvalue weighted by Crippen LogP contribution is 2.24. The molecular weight excluding hydrogens is 310 g/mol. The van der Waals surface area contributed by atoms with Crippen LogP contribution in [-0.4, -0.2) is 15.1 Å². The van der Waals surface area contributed by atoms with Crippen LogP contribution < -0.4 is 5.32 Å². The van der Waals surface area contributed by atoms with E-state index in [-0.39, 0.29) is 5.54 Å². The maximum Gasteiger partial charge on any atom is 0.0952 e. The van der Waals surface area contributed by atoms with Gasteiger partial charge < -0.3 is 9.88 Å². The number of aromatic nitrogens is 2. The summed E-state index contributed by atoms with van der Waals surface area (Å²) in [6, 6.07) is 2.09. The third-order valence-corrected chi connectivity index (χ3v) is 4.51. The van der Waals surface area contributed by atoms with Crippen molar-refractivity contribution < 1.29 is 0 Å². The molecule has 0 saturated heterocycles. The molecule has 0 aromatic carbocycles. The lowest BCUT2D eigenvalue weighted by Crippen LogP contribution is -2.35. The summed E-state index contributed by atoms with van der Waals surface area (Å²) in [4.78, 5) is 5.57. The normalized spacial score (nSPS) is 12.0. The first-order valence-corrected chi connectivity index (χ1v) is 7.59. The van der Waals surface area contributed by atoms with Crippen LogP contribution in [0, 0.1) is 0 Å². The highest BCUT2D eigenvalue weighted by molar-refractivity contribution is 9.10. The maximum atomic E-state index is 4.25. The highest BCUT2D eigenvalue weighted by atomic mass is 79.9. The van der Waals surface area contributed by atoms with Crippen molar-refractivity contribution in [2.75, 3.05) is 0 Å². The van der Waals surface area contributed by atoms with Gasteiger partial charge in [-0.15, -0.1) is 11.3 Å². The molecule has 5 heteroatoms. The molecule has 0 fully saturated rings. The zero-order valence-corrected chi connectivity index (χ0v) is 13.3.